The summed E-state index contributed by atoms with van der Waals surface area (Å²) in [5, 5.41) is 3.82. The Balaban J connectivity index is 1.60. The summed E-state index contributed by atoms with van der Waals surface area (Å²) in [6.45, 7) is 4.40. The second-order valence-corrected chi connectivity index (χ2v) is 7.98. The van der Waals surface area contributed by atoms with Crippen molar-refractivity contribution >= 4 is 17.5 Å². The summed E-state index contributed by atoms with van der Waals surface area (Å²) >= 11 is 0. The molecule has 4 rings (SSSR count). The number of benzene rings is 2. The maximum atomic E-state index is 13.1. The predicted octanol–water partition coefficient (Wildman–Crippen LogP) is 4.70. The summed E-state index contributed by atoms with van der Waals surface area (Å²) in [4.78, 5) is 29.6. The molecule has 6 heteroatoms. The van der Waals surface area contributed by atoms with Crippen LogP contribution in [0.3, 0.4) is 0 Å². The normalized spacial score (nSPS) is 16.6. The molecule has 0 saturated carbocycles. The molecule has 0 aliphatic carbocycles. The monoisotopic (exact) mass is 417 g/mol. The first-order valence-electron chi connectivity index (χ1n) is 10.8. The Labute approximate surface area is 182 Å². The van der Waals surface area contributed by atoms with Gasteiger partial charge in [-0.25, -0.2) is 0 Å². The number of unbranched alkanes of at least 4 members (excludes halogenated alkanes) is 1. The van der Waals surface area contributed by atoms with Crippen LogP contribution >= 0.6 is 0 Å². The molecule has 160 valence electrons. The zero-order chi connectivity index (χ0) is 21.8. The number of hydrogen-bond donors (Lipinski definition) is 0. The van der Waals surface area contributed by atoms with Crippen LogP contribution in [0.15, 0.2) is 65.2 Å². The van der Waals surface area contributed by atoms with Crippen molar-refractivity contribution in [3.05, 3.63) is 72.1 Å². The smallest absolute Gasteiger partial charge is 0.293 e. The molecule has 0 spiro atoms. The van der Waals surface area contributed by atoms with Crippen LogP contribution in [0.2, 0.25) is 0 Å². The number of carbonyl (C=O) groups excluding carboxylic acids is 2. The Hall–Kier alpha value is -3.41. The SMILES string of the molecule is CCCCC1CN(c2cccc(-c3ccccc3)c2)C(=O)CN1C(=O)c1cc(C)no1. The number of aryl methyl sites for hydroxylation is 1. The molecule has 1 atom stereocenters. The molecular weight excluding hydrogens is 390 g/mol. The quantitative estimate of drug-likeness (QED) is 0.583. The van der Waals surface area contributed by atoms with Crippen molar-refractivity contribution in [1.82, 2.24) is 10.1 Å². The fourth-order valence-corrected chi connectivity index (χ4v) is 4.04. The fraction of sp³-hybridized carbons (Fsp3) is 0.320. The van der Waals surface area contributed by atoms with E-state index in [0.29, 0.717) is 12.2 Å². The van der Waals surface area contributed by atoms with Crippen LogP contribution in [0.4, 0.5) is 5.69 Å². The first-order valence-corrected chi connectivity index (χ1v) is 10.8. The van der Waals surface area contributed by atoms with Crippen LogP contribution in [-0.2, 0) is 4.79 Å². The van der Waals surface area contributed by atoms with Gasteiger partial charge in [0.25, 0.3) is 5.91 Å². The number of amides is 2. The zero-order valence-corrected chi connectivity index (χ0v) is 18.0. The van der Waals surface area contributed by atoms with Gasteiger partial charge in [-0.2, -0.15) is 0 Å². The number of hydrogen-bond acceptors (Lipinski definition) is 4. The van der Waals surface area contributed by atoms with Crippen LogP contribution in [-0.4, -0.2) is 41.0 Å². The molecule has 6 nitrogen and oxygen atoms in total. The third kappa shape index (κ3) is 4.53. The molecule has 1 aromatic heterocycles. The highest BCUT2D eigenvalue weighted by Gasteiger charge is 2.37. The maximum Gasteiger partial charge on any atom is 0.293 e. The van der Waals surface area contributed by atoms with E-state index >= 15 is 0 Å². The third-order valence-corrected chi connectivity index (χ3v) is 5.70. The molecule has 1 aliphatic rings. The van der Waals surface area contributed by atoms with Gasteiger partial charge in [-0.05, 0) is 36.6 Å². The van der Waals surface area contributed by atoms with Gasteiger partial charge in [-0.15, -0.1) is 0 Å². The summed E-state index contributed by atoms with van der Waals surface area (Å²) in [6, 6.07) is 19.7. The van der Waals surface area contributed by atoms with Gasteiger partial charge in [0.2, 0.25) is 11.7 Å². The minimum Gasteiger partial charge on any atom is -0.351 e. The second-order valence-electron chi connectivity index (χ2n) is 7.98. The van der Waals surface area contributed by atoms with E-state index < -0.39 is 0 Å². The summed E-state index contributed by atoms with van der Waals surface area (Å²) < 4.78 is 5.18. The average Bonchev–Trinajstić information content (AvgIpc) is 3.24. The van der Waals surface area contributed by atoms with E-state index in [2.05, 4.69) is 24.2 Å². The number of nitrogens with zero attached hydrogens (tertiary/aromatic N) is 3. The van der Waals surface area contributed by atoms with Gasteiger partial charge in [-0.3, -0.25) is 9.59 Å². The summed E-state index contributed by atoms with van der Waals surface area (Å²) in [7, 11) is 0. The molecule has 0 N–H and O–H groups in total. The van der Waals surface area contributed by atoms with E-state index in [-0.39, 0.29) is 30.2 Å². The van der Waals surface area contributed by atoms with Gasteiger partial charge in [0.1, 0.15) is 6.54 Å². The molecule has 2 heterocycles. The largest absolute Gasteiger partial charge is 0.351 e. The molecule has 0 bridgehead atoms. The van der Waals surface area contributed by atoms with Gasteiger partial charge in [-0.1, -0.05) is 67.4 Å². The van der Waals surface area contributed by atoms with E-state index in [1.54, 1.807) is 17.9 Å². The second kappa shape index (κ2) is 9.16. The molecule has 1 saturated heterocycles. The highest BCUT2D eigenvalue weighted by molar-refractivity contribution is 6.01. The van der Waals surface area contributed by atoms with Gasteiger partial charge in [0.15, 0.2) is 0 Å². The van der Waals surface area contributed by atoms with Crippen molar-refractivity contribution in [2.45, 2.75) is 39.2 Å². The Bertz CT molecular complexity index is 1060. The average molecular weight is 418 g/mol. The van der Waals surface area contributed by atoms with Crippen molar-refractivity contribution in [2.75, 3.05) is 18.0 Å². The zero-order valence-electron chi connectivity index (χ0n) is 18.0. The highest BCUT2D eigenvalue weighted by atomic mass is 16.5. The molecule has 2 amide bonds. The van der Waals surface area contributed by atoms with Gasteiger partial charge in [0, 0.05) is 18.3 Å². The lowest BCUT2D eigenvalue weighted by atomic mass is 10.0. The number of rotatable bonds is 6. The summed E-state index contributed by atoms with van der Waals surface area (Å²) in [6.07, 6.45) is 2.84. The van der Waals surface area contributed by atoms with E-state index in [0.717, 1.165) is 36.1 Å². The first kappa shape index (κ1) is 20.8. The summed E-state index contributed by atoms with van der Waals surface area (Å²) in [5.74, 6) is -0.179. The van der Waals surface area contributed by atoms with E-state index in [1.807, 2.05) is 47.4 Å². The van der Waals surface area contributed by atoms with Crippen LogP contribution in [0, 0.1) is 6.92 Å². The van der Waals surface area contributed by atoms with Crippen molar-refractivity contribution in [3.8, 4) is 11.1 Å². The van der Waals surface area contributed by atoms with Crippen LogP contribution in [0.5, 0.6) is 0 Å². The molecule has 31 heavy (non-hydrogen) atoms. The van der Waals surface area contributed by atoms with E-state index in [4.69, 9.17) is 4.52 Å². The minimum absolute atomic E-state index is 0.0303. The fourth-order valence-electron chi connectivity index (χ4n) is 4.04. The van der Waals surface area contributed by atoms with Gasteiger partial charge in [0.05, 0.1) is 11.7 Å². The molecule has 1 fully saturated rings. The standard InChI is InChI=1S/C25H27N3O3/c1-3-4-12-22-16-27(21-13-8-11-20(15-21)19-9-6-5-7-10-19)24(29)17-28(22)25(30)23-14-18(2)26-31-23/h5-11,13-15,22H,3-4,12,16-17H2,1-2H3. The van der Waals surface area contributed by atoms with Crippen molar-refractivity contribution < 1.29 is 14.1 Å². The molecule has 0 radical (unpaired) electrons. The van der Waals surface area contributed by atoms with Crippen molar-refractivity contribution in [1.29, 1.82) is 0 Å². The van der Waals surface area contributed by atoms with E-state index in [1.165, 1.54) is 0 Å². The maximum absolute atomic E-state index is 13.1. The molecular formula is C25H27N3O3. The first-order chi connectivity index (χ1) is 15.1. The van der Waals surface area contributed by atoms with Crippen LogP contribution in [0.25, 0.3) is 11.1 Å². The number of piperazine rings is 1. The minimum atomic E-state index is -0.271. The number of aromatic nitrogens is 1. The Kier molecular flexibility index (Phi) is 6.16. The Morgan fingerprint density at radius 3 is 2.58 bits per heavy atom. The third-order valence-electron chi connectivity index (χ3n) is 5.70. The van der Waals surface area contributed by atoms with Crippen molar-refractivity contribution in [3.63, 3.8) is 0 Å². The molecule has 1 aliphatic heterocycles. The highest BCUT2D eigenvalue weighted by Crippen LogP contribution is 2.28. The molecule has 3 aromatic rings. The lowest BCUT2D eigenvalue weighted by Gasteiger charge is -2.40. The Morgan fingerprint density at radius 2 is 1.87 bits per heavy atom. The van der Waals surface area contributed by atoms with Gasteiger partial charge < -0.3 is 14.3 Å². The molecule has 1 unspecified atom stereocenters. The lowest BCUT2D eigenvalue weighted by Crippen LogP contribution is -2.58. The van der Waals surface area contributed by atoms with Crippen LogP contribution < -0.4 is 4.90 Å². The molecule has 2 aromatic carbocycles. The predicted molar refractivity (Wildman–Crippen MR) is 120 cm³/mol. The Morgan fingerprint density at radius 1 is 1.10 bits per heavy atom. The number of carbonyl (C=O) groups is 2. The van der Waals surface area contributed by atoms with E-state index in [9.17, 15) is 9.59 Å². The summed E-state index contributed by atoms with van der Waals surface area (Å²) in [5.41, 5.74) is 3.67. The number of anilines is 1. The topological polar surface area (TPSA) is 66.7 Å². The van der Waals surface area contributed by atoms with Crippen molar-refractivity contribution in [2.24, 2.45) is 0 Å². The van der Waals surface area contributed by atoms with Crippen LogP contribution in [0.1, 0.15) is 42.4 Å². The lowest BCUT2D eigenvalue weighted by molar-refractivity contribution is -0.121. The van der Waals surface area contributed by atoms with Gasteiger partial charge >= 0.3 is 0 Å².